The molecule has 0 spiro atoms. The highest BCUT2D eigenvalue weighted by molar-refractivity contribution is 5.76. The van der Waals surface area contributed by atoms with E-state index in [1.807, 2.05) is 6.08 Å². The third-order valence-corrected chi connectivity index (χ3v) is 14.6. The summed E-state index contributed by atoms with van der Waals surface area (Å²) in [5.74, 6) is -0.215. The van der Waals surface area contributed by atoms with Crippen molar-refractivity contribution in [2.75, 3.05) is 13.2 Å². The van der Waals surface area contributed by atoms with Gasteiger partial charge in [0.2, 0.25) is 5.91 Å². The Hall–Kier alpha value is -3.93. The molecule has 1 amide bonds. The number of hydrogen-bond donors (Lipinski definition) is 6. The first-order chi connectivity index (χ1) is 40.3. The zero-order chi connectivity index (χ0) is 59.3. The van der Waals surface area contributed by atoms with Crippen molar-refractivity contribution >= 4 is 5.91 Å². The molecule has 1 rings (SSSR count). The first-order valence-electron chi connectivity index (χ1n) is 33.1. The van der Waals surface area contributed by atoms with Crippen LogP contribution in [0, 0.1) is 0 Å². The molecule has 1 fully saturated rings. The maximum atomic E-state index is 13.1. The van der Waals surface area contributed by atoms with Crippen LogP contribution in [0.1, 0.15) is 251 Å². The second kappa shape index (κ2) is 60.2. The SMILES string of the molecule is CC/C=C\C/C=C\C/C=C\C/C=C\C/C=C\C/C=C\C/C=C\C/C=C\C/C=C\CCCCCCCC(=O)NC(COC1OC(CO)C(O)C(O)C1O)C(O)/C=C/CC/C=C/CC/C=C/CCCCCCCCCCCCCCCCCC. The molecule has 7 unspecified atom stereocenters. The number of rotatable bonds is 55. The number of hydrogen-bond acceptors (Lipinski definition) is 8. The largest absolute Gasteiger partial charge is 0.394 e. The summed E-state index contributed by atoms with van der Waals surface area (Å²) in [5.41, 5.74) is 0. The zero-order valence-electron chi connectivity index (χ0n) is 51.9. The number of aliphatic hydroxyl groups is 5. The average molecular weight is 1140 g/mol. The molecule has 9 nitrogen and oxygen atoms in total. The number of aliphatic hydroxyl groups excluding tert-OH is 5. The predicted octanol–water partition coefficient (Wildman–Crippen LogP) is 17.8. The third kappa shape index (κ3) is 48.4. The van der Waals surface area contributed by atoms with Crippen molar-refractivity contribution < 1.29 is 39.8 Å². The number of allylic oxidation sites excluding steroid dienone is 23. The standard InChI is InChI=1S/C73H121NO8/c1-3-5-7-9-11-13-15-17-19-21-23-25-27-29-31-32-33-34-35-36-37-39-41-43-45-47-49-51-53-55-57-59-61-63-69(77)74-66(65-81-73-72(80)71(79)70(78)68(64-75)82-73)67(76)62-60-58-56-54-52-50-48-46-44-42-40-38-30-28-26-24-22-20-18-16-14-12-10-8-6-4-2/h5,7,11,13,17,19,23,25,29,31,33-34,36-37,41,43-44,46-47,49,52,54,60,62,66-68,70-73,75-76,78-80H,3-4,6,8-10,12,14-16,18,20-22,24,26-28,30,32,35,38-40,42,45,48,50-51,53,55-59,61,63-65H2,1-2H3,(H,74,77)/b7-5-,13-11-,19-17-,25-23-,31-29-,34-33-,37-36-,43-41-,46-44+,49-47-,54-52+,62-60+. The van der Waals surface area contributed by atoms with E-state index in [0.29, 0.717) is 6.42 Å². The van der Waals surface area contributed by atoms with Crippen LogP contribution in [-0.4, -0.2) is 87.5 Å². The number of unbranched alkanes of at least 4 members (excludes halogenated alkanes) is 23. The topological polar surface area (TPSA) is 149 Å². The van der Waals surface area contributed by atoms with Crippen molar-refractivity contribution in [1.29, 1.82) is 0 Å². The molecular weight excluding hydrogens is 1020 g/mol. The minimum atomic E-state index is -1.59. The van der Waals surface area contributed by atoms with Crippen molar-refractivity contribution in [1.82, 2.24) is 5.32 Å². The second-order valence-electron chi connectivity index (χ2n) is 22.2. The lowest BCUT2D eigenvalue weighted by Crippen LogP contribution is -2.60. The molecule has 0 aromatic carbocycles. The van der Waals surface area contributed by atoms with Gasteiger partial charge >= 0.3 is 0 Å². The van der Waals surface area contributed by atoms with Gasteiger partial charge in [0.1, 0.15) is 24.4 Å². The van der Waals surface area contributed by atoms with Crippen molar-refractivity contribution in [3.63, 3.8) is 0 Å². The van der Waals surface area contributed by atoms with E-state index in [2.05, 4.69) is 153 Å². The smallest absolute Gasteiger partial charge is 0.220 e. The predicted molar refractivity (Wildman–Crippen MR) is 350 cm³/mol. The van der Waals surface area contributed by atoms with E-state index in [1.165, 1.54) is 103 Å². The summed E-state index contributed by atoms with van der Waals surface area (Å²) in [6.45, 7) is 3.64. The van der Waals surface area contributed by atoms with Crippen LogP contribution in [0.2, 0.25) is 0 Å². The van der Waals surface area contributed by atoms with Gasteiger partial charge in [-0.2, -0.15) is 0 Å². The van der Waals surface area contributed by atoms with Gasteiger partial charge in [-0.1, -0.05) is 275 Å². The summed E-state index contributed by atoms with van der Waals surface area (Å²) in [5, 5.41) is 54.6. The first-order valence-corrected chi connectivity index (χ1v) is 33.1. The molecule has 9 heteroatoms. The number of ether oxygens (including phenoxy) is 2. The van der Waals surface area contributed by atoms with E-state index >= 15 is 0 Å². The monoisotopic (exact) mass is 1140 g/mol. The van der Waals surface area contributed by atoms with Crippen LogP contribution in [0.4, 0.5) is 0 Å². The van der Waals surface area contributed by atoms with Gasteiger partial charge in [-0.3, -0.25) is 4.79 Å². The molecule has 0 aromatic rings. The van der Waals surface area contributed by atoms with Crippen LogP contribution in [-0.2, 0) is 14.3 Å². The fourth-order valence-electron chi connectivity index (χ4n) is 9.48. The summed E-state index contributed by atoms with van der Waals surface area (Å²) >= 11 is 0. The van der Waals surface area contributed by atoms with Crippen molar-refractivity contribution in [3.8, 4) is 0 Å². The highest BCUT2D eigenvalue weighted by atomic mass is 16.7. The Bertz CT molecular complexity index is 1800. The number of carbonyl (C=O) groups excluding carboxylic acids is 1. The minimum Gasteiger partial charge on any atom is -0.394 e. The fourth-order valence-corrected chi connectivity index (χ4v) is 9.48. The molecule has 1 aliphatic rings. The molecule has 7 atom stereocenters. The zero-order valence-corrected chi connectivity index (χ0v) is 51.9. The van der Waals surface area contributed by atoms with Gasteiger partial charge in [0.15, 0.2) is 6.29 Å². The summed E-state index contributed by atoms with van der Waals surface area (Å²) in [6, 6.07) is -0.852. The lowest BCUT2D eigenvalue weighted by atomic mass is 9.99. The van der Waals surface area contributed by atoms with E-state index in [9.17, 15) is 30.3 Å². The highest BCUT2D eigenvalue weighted by Crippen LogP contribution is 2.23. The van der Waals surface area contributed by atoms with Gasteiger partial charge in [-0.25, -0.2) is 0 Å². The minimum absolute atomic E-state index is 0.215. The molecule has 1 aliphatic heterocycles. The average Bonchev–Trinajstić information content (AvgIpc) is 3.57. The Morgan fingerprint density at radius 3 is 1.17 bits per heavy atom. The lowest BCUT2D eigenvalue weighted by molar-refractivity contribution is -0.302. The molecule has 1 saturated heterocycles. The van der Waals surface area contributed by atoms with E-state index in [0.717, 1.165) is 128 Å². The molecule has 0 aliphatic carbocycles. The van der Waals surface area contributed by atoms with Gasteiger partial charge in [0.05, 0.1) is 25.4 Å². The van der Waals surface area contributed by atoms with Gasteiger partial charge < -0.3 is 40.3 Å². The molecule has 466 valence electrons. The van der Waals surface area contributed by atoms with Gasteiger partial charge in [0, 0.05) is 6.42 Å². The second-order valence-corrected chi connectivity index (χ2v) is 22.2. The van der Waals surface area contributed by atoms with Crippen LogP contribution < -0.4 is 5.32 Å². The van der Waals surface area contributed by atoms with Crippen LogP contribution in [0.25, 0.3) is 0 Å². The summed E-state index contributed by atoms with van der Waals surface area (Å²) in [6.07, 6.45) is 86.4. The van der Waals surface area contributed by atoms with E-state index in [-0.39, 0.29) is 12.5 Å². The van der Waals surface area contributed by atoms with Gasteiger partial charge in [-0.05, 0) is 116 Å². The molecular formula is C73H121NO8. The molecule has 6 N–H and O–H groups in total. The third-order valence-electron chi connectivity index (χ3n) is 14.6. The highest BCUT2D eigenvalue weighted by Gasteiger charge is 2.44. The van der Waals surface area contributed by atoms with Crippen LogP contribution in [0.15, 0.2) is 146 Å². The number of nitrogens with one attached hydrogen (secondary N) is 1. The Labute approximate surface area is 502 Å². The Morgan fingerprint density at radius 2 is 0.768 bits per heavy atom. The Balaban J connectivity index is 2.25. The maximum Gasteiger partial charge on any atom is 0.220 e. The molecule has 0 bridgehead atoms. The molecule has 0 aromatic heterocycles. The van der Waals surface area contributed by atoms with Crippen LogP contribution >= 0.6 is 0 Å². The van der Waals surface area contributed by atoms with E-state index < -0.39 is 49.5 Å². The quantitative estimate of drug-likeness (QED) is 0.0261. The Kier molecular flexibility index (Phi) is 55.9. The number of carbonyl (C=O) groups is 1. The fraction of sp³-hybridized carbons (Fsp3) is 0.658. The van der Waals surface area contributed by atoms with Gasteiger partial charge in [-0.15, -0.1) is 0 Å². The maximum absolute atomic E-state index is 13.1. The number of amides is 1. The first kappa shape index (κ1) is 76.1. The van der Waals surface area contributed by atoms with E-state index in [4.69, 9.17) is 9.47 Å². The van der Waals surface area contributed by atoms with Crippen molar-refractivity contribution in [3.05, 3.63) is 146 Å². The molecule has 0 radical (unpaired) electrons. The summed E-state index contributed by atoms with van der Waals surface area (Å²) in [7, 11) is 0. The molecule has 0 saturated carbocycles. The van der Waals surface area contributed by atoms with Crippen LogP contribution in [0.3, 0.4) is 0 Å². The normalized spacial score (nSPS) is 19.3. The molecule has 82 heavy (non-hydrogen) atoms. The van der Waals surface area contributed by atoms with E-state index in [1.54, 1.807) is 6.08 Å². The summed E-state index contributed by atoms with van der Waals surface area (Å²) in [4.78, 5) is 13.1. The van der Waals surface area contributed by atoms with Crippen LogP contribution in [0.5, 0.6) is 0 Å². The Morgan fingerprint density at radius 1 is 0.427 bits per heavy atom. The summed E-state index contributed by atoms with van der Waals surface area (Å²) < 4.78 is 11.3. The lowest BCUT2D eigenvalue weighted by Gasteiger charge is -2.40. The van der Waals surface area contributed by atoms with Crippen molar-refractivity contribution in [2.45, 2.75) is 294 Å². The molecule has 1 heterocycles. The van der Waals surface area contributed by atoms with Crippen molar-refractivity contribution in [2.24, 2.45) is 0 Å². The van der Waals surface area contributed by atoms with Gasteiger partial charge in [0.25, 0.3) is 0 Å².